The van der Waals surface area contributed by atoms with Gasteiger partial charge in [-0.2, -0.15) is 0 Å². The van der Waals surface area contributed by atoms with Crippen molar-refractivity contribution in [2.75, 3.05) is 25.6 Å². The lowest BCUT2D eigenvalue weighted by atomic mass is 9.84. The Hall–Kier alpha value is -1.13. The van der Waals surface area contributed by atoms with Gasteiger partial charge in [-0.3, -0.25) is 0 Å². The Morgan fingerprint density at radius 3 is 2.50 bits per heavy atom. The monoisotopic (exact) mass is 226 g/mol. The number of anilines is 1. The third-order valence-corrected chi connectivity index (χ3v) is 2.61. The maximum atomic E-state index is 13.3. The van der Waals surface area contributed by atoms with Crippen molar-refractivity contribution in [2.24, 2.45) is 5.90 Å². The predicted octanol–water partition coefficient (Wildman–Crippen LogP) is 2.06. The average Bonchev–Trinajstić information content (AvgIpc) is 2.17. The summed E-state index contributed by atoms with van der Waals surface area (Å²) < 4.78 is 13.3. The van der Waals surface area contributed by atoms with Gasteiger partial charge >= 0.3 is 0 Å². The second-order valence-corrected chi connectivity index (χ2v) is 4.75. The first kappa shape index (κ1) is 12.9. The fourth-order valence-corrected chi connectivity index (χ4v) is 1.73. The molecule has 90 valence electrons. The summed E-state index contributed by atoms with van der Waals surface area (Å²) in [5.74, 6) is 4.86. The SMILES string of the molecule is CN(C)c1ccc(F)cc1C(C)(C)CON. The van der Waals surface area contributed by atoms with Gasteiger partial charge in [-0.1, -0.05) is 13.8 Å². The highest BCUT2D eigenvalue weighted by Crippen LogP contribution is 2.32. The van der Waals surface area contributed by atoms with E-state index in [2.05, 4.69) is 0 Å². The smallest absolute Gasteiger partial charge is 0.123 e. The van der Waals surface area contributed by atoms with Crippen molar-refractivity contribution >= 4 is 5.69 Å². The van der Waals surface area contributed by atoms with Crippen LogP contribution in [0, 0.1) is 5.82 Å². The summed E-state index contributed by atoms with van der Waals surface area (Å²) in [6, 6.07) is 4.76. The standard InChI is InChI=1S/C12H19FN2O/c1-12(2,8-16-14)10-7-9(13)5-6-11(10)15(3)4/h5-7H,8,14H2,1-4H3. The van der Waals surface area contributed by atoms with Crippen molar-refractivity contribution in [1.29, 1.82) is 0 Å². The molecule has 0 aliphatic heterocycles. The van der Waals surface area contributed by atoms with E-state index in [1.165, 1.54) is 12.1 Å². The Morgan fingerprint density at radius 1 is 1.38 bits per heavy atom. The minimum atomic E-state index is -0.323. The number of halogens is 1. The van der Waals surface area contributed by atoms with Gasteiger partial charge in [0.25, 0.3) is 0 Å². The normalized spacial score (nSPS) is 11.6. The number of hydrogen-bond donors (Lipinski definition) is 1. The third-order valence-electron chi connectivity index (χ3n) is 2.61. The van der Waals surface area contributed by atoms with Crippen LogP contribution in [0.25, 0.3) is 0 Å². The Labute approximate surface area is 96.0 Å². The molecule has 0 amide bonds. The first-order chi connectivity index (χ1) is 7.38. The fraction of sp³-hybridized carbons (Fsp3) is 0.500. The zero-order valence-electron chi connectivity index (χ0n) is 10.2. The molecule has 0 saturated carbocycles. The molecule has 0 saturated heterocycles. The first-order valence-electron chi connectivity index (χ1n) is 5.17. The molecule has 2 N–H and O–H groups in total. The maximum absolute atomic E-state index is 13.3. The van der Waals surface area contributed by atoms with Crippen LogP contribution in [0.2, 0.25) is 0 Å². The van der Waals surface area contributed by atoms with Gasteiger partial charge in [-0.25, -0.2) is 10.3 Å². The van der Waals surface area contributed by atoms with E-state index >= 15 is 0 Å². The molecule has 0 unspecified atom stereocenters. The zero-order valence-corrected chi connectivity index (χ0v) is 10.2. The minimum absolute atomic E-state index is 0.245. The second kappa shape index (κ2) is 4.80. The van der Waals surface area contributed by atoms with E-state index in [-0.39, 0.29) is 11.2 Å². The van der Waals surface area contributed by atoms with Crippen LogP contribution in [-0.4, -0.2) is 20.7 Å². The first-order valence-corrected chi connectivity index (χ1v) is 5.17. The predicted molar refractivity (Wildman–Crippen MR) is 63.9 cm³/mol. The molecule has 1 aromatic rings. The minimum Gasteiger partial charge on any atom is -0.377 e. The van der Waals surface area contributed by atoms with Crippen molar-refractivity contribution in [3.05, 3.63) is 29.6 Å². The fourth-order valence-electron chi connectivity index (χ4n) is 1.73. The lowest BCUT2D eigenvalue weighted by Crippen LogP contribution is -2.28. The quantitative estimate of drug-likeness (QED) is 0.799. The van der Waals surface area contributed by atoms with E-state index in [1.54, 1.807) is 6.07 Å². The summed E-state index contributed by atoms with van der Waals surface area (Å²) in [4.78, 5) is 6.65. The van der Waals surface area contributed by atoms with Crippen molar-refractivity contribution in [3.8, 4) is 0 Å². The number of hydrogen-bond acceptors (Lipinski definition) is 3. The second-order valence-electron chi connectivity index (χ2n) is 4.75. The van der Waals surface area contributed by atoms with Crippen molar-refractivity contribution in [1.82, 2.24) is 0 Å². The van der Waals surface area contributed by atoms with Crippen LogP contribution in [-0.2, 0) is 10.3 Å². The average molecular weight is 226 g/mol. The van der Waals surface area contributed by atoms with E-state index in [0.717, 1.165) is 11.3 Å². The molecule has 4 heteroatoms. The number of nitrogens with two attached hydrogens (primary N) is 1. The summed E-state index contributed by atoms with van der Waals surface area (Å²) in [6.45, 7) is 4.29. The molecule has 16 heavy (non-hydrogen) atoms. The van der Waals surface area contributed by atoms with Crippen LogP contribution < -0.4 is 10.8 Å². The zero-order chi connectivity index (χ0) is 12.3. The molecule has 0 fully saturated rings. The third kappa shape index (κ3) is 2.71. The van der Waals surface area contributed by atoms with Gasteiger partial charge in [0.1, 0.15) is 5.82 Å². The Balaban J connectivity index is 3.23. The maximum Gasteiger partial charge on any atom is 0.123 e. The number of benzene rings is 1. The molecule has 0 radical (unpaired) electrons. The van der Waals surface area contributed by atoms with E-state index in [0.29, 0.717) is 6.61 Å². The Kier molecular flexibility index (Phi) is 3.88. The van der Waals surface area contributed by atoms with Crippen molar-refractivity contribution in [2.45, 2.75) is 19.3 Å². The summed E-state index contributed by atoms with van der Waals surface area (Å²) in [6.07, 6.45) is 0. The molecule has 0 spiro atoms. The molecule has 0 aliphatic rings. The van der Waals surface area contributed by atoms with Gasteiger partial charge in [-0.15, -0.1) is 0 Å². The van der Waals surface area contributed by atoms with Gasteiger partial charge in [0, 0.05) is 25.2 Å². The van der Waals surface area contributed by atoms with E-state index in [4.69, 9.17) is 10.7 Å². The highest BCUT2D eigenvalue weighted by molar-refractivity contribution is 5.55. The lowest BCUT2D eigenvalue weighted by Gasteiger charge is -2.29. The lowest BCUT2D eigenvalue weighted by molar-refractivity contribution is 0.0965. The van der Waals surface area contributed by atoms with Gasteiger partial charge in [0.05, 0.1) is 6.61 Å². The van der Waals surface area contributed by atoms with Crippen LogP contribution in [0.1, 0.15) is 19.4 Å². The molecule has 0 aromatic heterocycles. The van der Waals surface area contributed by atoms with E-state index in [9.17, 15) is 4.39 Å². The molecule has 1 aromatic carbocycles. The van der Waals surface area contributed by atoms with Gasteiger partial charge in [0.2, 0.25) is 0 Å². The molecule has 3 nitrogen and oxygen atoms in total. The highest BCUT2D eigenvalue weighted by Gasteiger charge is 2.25. The van der Waals surface area contributed by atoms with E-state index in [1.807, 2.05) is 32.8 Å². The van der Waals surface area contributed by atoms with Crippen molar-refractivity contribution < 1.29 is 9.23 Å². The summed E-state index contributed by atoms with van der Waals surface area (Å²) in [7, 11) is 3.85. The Bertz CT molecular complexity index is 364. The molecular weight excluding hydrogens is 207 g/mol. The summed E-state index contributed by atoms with van der Waals surface area (Å²) in [5, 5.41) is 0. The van der Waals surface area contributed by atoms with Crippen LogP contribution in [0.15, 0.2) is 18.2 Å². The number of nitrogens with zero attached hydrogens (tertiary/aromatic N) is 1. The molecular formula is C12H19FN2O. The van der Waals surface area contributed by atoms with Crippen LogP contribution in [0.5, 0.6) is 0 Å². The summed E-state index contributed by atoms with van der Waals surface area (Å²) >= 11 is 0. The molecule has 1 rings (SSSR count). The van der Waals surface area contributed by atoms with Gasteiger partial charge in [-0.05, 0) is 23.8 Å². The topological polar surface area (TPSA) is 38.5 Å². The molecule has 0 bridgehead atoms. The summed E-state index contributed by atoms with van der Waals surface area (Å²) in [5.41, 5.74) is 1.54. The van der Waals surface area contributed by atoms with Crippen molar-refractivity contribution in [3.63, 3.8) is 0 Å². The van der Waals surface area contributed by atoms with E-state index < -0.39 is 0 Å². The molecule has 0 atom stereocenters. The van der Waals surface area contributed by atoms with Crippen LogP contribution in [0.3, 0.4) is 0 Å². The largest absolute Gasteiger partial charge is 0.377 e. The molecule has 0 aliphatic carbocycles. The highest BCUT2D eigenvalue weighted by atomic mass is 19.1. The Morgan fingerprint density at radius 2 is 2.00 bits per heavy atom. The van der Waals surface area contributed by atoms with Gasteiger partial charge in [0.15, 0.2) is 0 Å². The van der Waals surface area contributed by atoms with Crippen LogP contribution >= 0.6 is 0 Å². The van der Waals surface area contributed by atoms with Gasteiger partial charge < -0.3 is 9.74 Å². The number of rotatable bonds is 4. The molecule has 0 heterocycles. The van der Waals surface area contributed by atoms with Crippen LogP contribution in [0.4, 0.5) is 10.1 Å².